The maximum absolute atomic E-state index is 11.3. The van der Waals surface area contributed by atoms with Gasteiger partial charge < -0.3 is 15.1 Å². The van der Waals surface area contributed by atoms with Crippen molar-refractivity contribution < 1.29 is 31.5 Å². The lowest BCUT2D eigenvalue weighted by Gasteiger charge is -2.05. The van der Waals surface area contributed by atoms with E-state index < -0.39 is 28.8 Å². The second kappa shape index (κ2) is 16.3. The van der Waals surface area contributed by atoms with Crippen LogP contribution in [0.15, 0.2) is 0 Å². The minimum Gasteiger partial charge on any atom is -0.466 e. The lowest BCUT2D eigenvalue weighted by molar-refractivity contribution is -0.147. The average molecular weight is 384 g/mol. The number of ether oxygens (including phenoxy) is 1. The molecule has 0 amide bonds. The van der Waals surface area contributed by atoms with E-state index in [4.69, 9.17) is 9.29 Å². The third-order valence-electron chi connectivity index (χ3n) is 3.49. The molecule has 0 rings (SSSR count). The van der Waals surface area contributed by atoms with Gasteiger partial charge in [0.15, 0.2) is 0 Å². The van der Waals surface area contributed by atoms with Crippen LogP contribution in [-0.2, 0) is 28.9 Å². The maximum Gasteiger partial charge on any atom is 0.448 e. The summed E-state index contributed by atoms with van der Waals surface area (Å²) in [5.41, 5.74) is 0. The number of hydrogen-bond acceptors (Lipinski definition) is 7. The van der Waals surface area contributed by atoms with Crippen molar-refractivity contribution in [1.29, 1.82) is 0 Å². The zero-order valence-corrected chi connectivity index (χ0v) is 16.0. The zero-order chi connectivity index (χ0) is 18.3. The predicted octanol–water partition coefficient (Wildman–Crippen LogP) is 3.74. The second-order valence-electron chi connectivity index (χ2n) is 5.79. The molecule has 0 saturated heterocycles. The average Bonchev–Trinajstić information content (AvgIpc) is 2.49. The number of esters is 1. The highest BCUT2D eigenvalue weighted by molar-refractivity contribution is 7.81. The Morgan fingerprint density at radius 2 is 1.24 bits per heavy atom. The van der Waals surface area contributed by atoms with Crippen LogP contribution in [0.3, 0.4) is 0 Å². The minimum atomic E-state index is -4.81. The van der Waals surface area contributed by atoms with Crippen LogP contribution in [0.5, 0.6) is 0 Å². The van der Waals surface area contributed by atoms with Gasteiger partial charge >= 0.3 is 22.3 Å². The Labute approximate surface area is 151 Å². The van der Waals surface area contributed by atoms with Gasteiger partial charge in [-0.15, -0.1) is 0 Å². The molecule has 0 aliphatic rings. The van der Waals surface area contributed by atoms with Gasteiger partial charge in [-0.3, -0.25) is 14.1 Å². The Kier molecular flexibility index (Phi) is 17.0. The van der Waals surface area contributed by atoms with Crippen molar-refractivity contribution >= 4 is 22.3 Å². The van der Waals surface area contributed by atoms with E-state index >= 15 is 0 Å². The lowest BCUT2D eigenvalue weighted by Crippen LogP contribution is -2.14. The van der Waals surface area contributed by atoms with E-state index in [9.17, 15) is 18.0 Å². The lowest BCUT2D eigenvalue weighted by atomic mass is 10.1. The number of unbranched alkanes of at least 4 members (excludes halogenated alkanes) is 9. The molecule has 0 bridgehead atoms. The molecule has 0 saturated carbocycles. The molecule has 0 fully saturated rings. The van der Waals surface area contributed by atoms with Crippen molar-refractivity contribution in [3.8, 4) is 0 Å². The first-order valence-electron chi connectivity index (χ1n) is 8.70. The van der Waals surface area contributed by atoms with E-state index in [2.05, 4.69) is 11.1 Å². The van der Waals surface area contributed by atoms with E-state index in [0.717, 1.165) is 19.3 Å². The first-order valence-corrected chi connectivity index (χ1v) is 10.1. The molecule has 9 heteroatoms. The minimum absolute atomic E-state index is 0. The molecule has 0 aromatic carbocycles. The molecular formula is C16H33NO7S. The van der Waals surface area contributed by atoms with Gasteiger partial charge in [-0.05, 0) is 6.42 Å². The van der Waals surface area contributed by atoms with Crippen LogP contribution in [0.4, 0.5) is 0 Å². The van der Waals surface area contributed by atoms with Gasteiger partial charge in [-0.2, -0.15) is 8.42 Å². The van der Waals surface area contributed by atoms with Gasteiger partial charge in [-0.1, -0.05) is 64.7 Å². The molecule has 0 atom stereocenters. The highest BCUT2D eigenvalue weighted by Crippen LogP contribution is 2.10. The van der Waals surface area contributed by atoms with E-state index in [1.165, 1.54) is 44.9 Å². The first kappa shape index (κ1) is 26.0. The summed E-state index contributed by atoms with van der Waals surface area (Å²) in [6.07, 6.45) is 11.1. The van der Waals surface area contributed by atoms with Crippen LogP contribution in [-0.4, -0.2) is 31.5 Å². The fraction of sp³-hybridized carbons (Fsp3) is 0.875. The zero-order valence-electron chi connectivity index (χ0n) is 15.2. The van der Waals surface area contributed by atoms with Gasteiger partial charge in [0.1, 0.15) is 0 Å². The van der Waals surface area contributed by atoms with Crippen molar-refractivity contribution in [3.63, 3.8) is 0 Å². The topological polar surface area (TPSA) is 142 Å². The molecular weight excluding hydrogens is 350 g/mol. The molecule has 0 radical (unpaired) electrons. The molecule has 0 aliphatic heterocycles. The van der Waals surface area contributed by atoms with Crippen LogP contribution in [0.25, 0.3) is 0 Å². The molecule has 0 aromatic heterocycles. The van der Waals surface area contributed by atoms with Crippen molar-refractivity contribution in [2.45, 2.75) is 84.0 Å². The van der Waals surface area contributed by atoms with Crippen LogP contribution in [0.2, 0.25) is 0 Å². The van der Waals surface area contributed by atoms with Crippen molar-refractivity contribution in [2.75, 3.05) is 6.61 Å². The number of hydrogen-bond donors (Lipinski definition) is 2. The summed E-state index contributed by atoms with van der Waals surface area (Å²) in [5, 5.41) is 0. The van der Waals surface area contributed by atoms with Gasteiger partial charge in [0.25, 0.3) is 0 Å². The van der Waals surface area contributed by atoms with Gasteiger partial charge in [0.2, 0.25) is 0 Å². The fourth-order valence-corrected chi connectivity index (χ4v) is 2.53. The molecule has 0 unspecified atom stereocenters. The Hall–Kier alpha value is -1.19. The van der Waals surface area contributed by atoms with E-state index in [-0.39, 0.29) is 12.6 Å². The highest BCUT2D eigenvalue weighted by atomic mass is 32.3. The summed E-state index contributed by atoms with van der Waals surface area (Å²) in [6, 6.07) is 0. The summed E-state index contributed by atoms with van der Waals surface area (Å²) in [4.78, 5) is 22.3. The molecule has 25 heavy (non-hydrogen) atoms. The van der Waals surface area contributed by atoms with Gasteiger partial charge in [-0.25, -0.2) is 0 Å². The number of carbonyl (C=O) groups excluding carboxylic acids is 2. The van der Waals surface area contributed by atoms with E-state index in [0.29, 0.717) is 6.61 Å². The smallest absolute Gasteiger partial charge is 0.448 e. The summed E-state index contributed by atoms with van der Waals surface area (Å²) in [5.74, 6) is -1.77. The third kappa shape index (κ3) is 20.8. The highest BCUT2D eigenvalue weighted by Gasteiger charge is 2.15. The molecule has 0 heterocycles. The molecule has 0 spiro atoms. The molecule has 0 aromatic rings. The Bertz CT molecular complexity index is 451. The van der Waals surface area contributed by atoms with E-state index in [1.807, 2.05) is 0 Å². The second-order valence-corrected chi connectivity index (χ2v) is 6.81. The van der Waals surface area contributed by atoms with E-state index in [1.54, 1.807) is 0 Å². The van der Waals surface area contributed by atoms with Crippen LogP contribution < -0.4 is 6.15 Å². The monoisotopic (exact) mass is 383 g/mol. The Morgan fingerprint density at radius 1 is 0.800 bits per heavy atom. The predicted molar refractivity (Wildman–Crippen MR) is 94.7 cm³/mol. The van der Waals surface area contributed by atoms with Crippen molar-refractivity contribution in [1.82, 2.24) is 6.15 Å². The normalized spacial score (nSPS) is 10.8. The number of rotatable bonds is 15. The van der Waals surface area contributed by atoms with Crippen LogP contribution in [0, 0.1) is 0 Å². The molecule has 8 nitrogen and oxygen atoms in total. The summed E-state index contributed by atoms with van der Waals surface area (Å²) < 4.78 is 37.4. The molecule has 4 N–H and O–H groups in total. The molecule has 0 aliphatic carbocycles. The SMILES string of the molecule is CCCCCCCCCCCCOC(=O)CCC(=O)OS(=O)(=O)O.N. The van der Waals surface area contributed by atoms with Crippen LogP contribution >= 0.6 is 0 Å². The Balaban J connectivity index is 0. The van der Waals surface area contributed by atoms with Gasteiger partial charge in [0, 0.05) is 0 Å². The summed E-state index contributed by atoms with van der Waals surface area (Å²) in [7, 11) is -4.81. The van der Waals surface area contributed by atoms with Gasteiger partial charge in [0.05, 0.1) is 19.4 Å². The fourth-order valence-electron chi connectivity index (χ4n) is 2.21. The Morgan fingerprint density at radius 3 is 1.72 bits per heavy atom. The van der Waals surface area contributed by atoms with Crippen molar-refractivity contribution in [2.24, 2.45) is 0 Å². The van der Waals surface area contributed by atoms with Crippen LogP contribution in [0.1, 0.15) is 84.0 Å². The largest absolute Gasteiger partial charge is 0.466 e. The standard InChI is InChI=1S/C16H30O7S.H3N/c1-2-3-4-5-6-7-8-9-10-11-14-22-15(17)12-13-16(18)23-24(19,20)21;/h2-14H2,1H3,(H,19,20,21);1H3. The maximum atomic E-state index is 11.3. The summed E-state index contributed by atoms with van der Waals surface area (Å²) in [6.45, 7) is 2.50. The summed E-state index contributed by atoms with van der Waals surface area (Å²) >= 11 is 0. The van der Waals surface area contributed by atoms with Crippen molar-refractivity contribution in [3.05, 3.63) is 0 Å². The number of carbonyl (C=O) groups is 2. The quantitative estimate of drug-likeness (QED) is 0.247. The third-order valence-corrected chi connectivity index (χ3v) is 3.89. The molecule has 150 valence electrons. The first-order chi connectivity index (χ1) is 11.3.